The fraction of sp³-hybridized carbons (Fsp3) is 0.900. The standard InChI is InChI=1S/C10H19NO4/c1-3-11-9-7-14-6-8(9)10(12)15-5-4-13-2/h8-9,11H,3-7H2,1-2H3. The van der Waals surface area contributed by atoms with Crippen molar-refractivity contribution < 1.29 is 19.0 Å². The van der Waals surface area contributed by atoms with Gasteiger partial charge >= 0.3 is 5.97 Å². The Morgan fingerprint density at radius 1 is 1.47 bits per heavy atom. The van der Waals surface area contributed by atoms with Crippen molar-refractivity contribution in [2.45, 2.75) is 13.0 Å². The number of ether oxygens (including phenoxy) is 3. The van der Waals surface area contributed by atoms with Crippen molar-refractivity contribution in [3.8, 4) is 0 Å². The Hall–Kier alpha value is -0.650. The molecule has 1 aliphatic rings. The number of esters is 1. The van der Waals surface area contributed by atoms with Crippen LogP contribution in [0.5, 0.6) is 0 Å². The Morgan fingerprint density at radius 3 is 2.93 bits per heavy atom. The van der Waals surface area contributed by atoms with Gasteiger partial charge in [-0.1, -0.05) is 6.92 Å². The van der Waals surface area contributed by atoms with Crippen LogP contribution in [0.1, 0.15) is 6.92 Å². The topological polar surface area (TPSA) is 56.8 Å². The number of carbonyl (C=O) groups excluding carboxylic acids is 1. The van der Waals surface area contributed by atoms with E-state index in [4.69, 9.17) is 14.2 Å². The molecule has 88 valence electrons. The second-order valence-electron chi connectivity index (χ2n) is 3.47. The highest BCUT2D eigenvalue weighted by Gasteiger charge is 2.34. The molecule has 0 bridgehead atoms. The molecular weight excluding hydrogens is 198 g/mol. The Balaban J connectivity index is 2.30. The highest BCUT2D eigenvalue weighted by molar-refractivity contribution is 5.73. The van der Waals surface area contributed by atoms with Gasteiger partial charge in [-0.05, 0) is 6.54 Å². The molecule has 0 aromatic carbocycles. The third kappa shape index (κ3) is 3.77. The van der Waals surface area contributed by atoms with Crippen LogP contribution in [0.15, 0.2) is 0 Å². The molecule has 0 aliphatic carbocycles. The first kappa shape index (κ1) is 12.4. The number of nitrogens with one attached hydrogen (secondary N) is 1. The monoisotopic (exact) mass is 217 g/mol. The van der Waals surface area contributed by atoms with E-state index >= 15 is 0 Å². The van der Waals surface area contributed by atoms with E-state index in [-0.39, 0.29) is 17.9 Å². The van der Waals surface area contributed by atoms with E-state index in [1.807, 2.05) is 6.92 Å². The minimum atomic E-state index is -0.199. The smallest absolute Gasteiger partial charge is 0.313 e. The van der Waals surface area contributed by atoms with E-state index in [1.54, 1.807) is 7.11 Å². The van der Waals surface area contributed by atoms with Crippen molar-refractivity contribution in [3.05, 3.63) is 0 Å². The lowest BCUT2D eigenvalue weighted by molar-refractivity contribution is -0.150. The maximum Gasteiger partial charge on any atom is 0.313 e. The first-order valence-corrected chi connectivity index (χ1v) is 5.26. The molecule has 0 amide bonds. The quantitative estimate of drug-likeness (QED) is 0.493. The van der Waals surface area contributed by atoms with Crippen LogP contribution in [0.25, 0.3) is 0 Å². The van der Waals surface area contributed by atoms with Crippen LogP contribution < -0.4 is 5.32 Å². The van der Waals surface area contributed by atoms with E-state index in [9.17, 15) is 4.79 Å². The molecule has 1 rings (SSSR count). The summed E-state index contributed by atoms with van der Waals surface area (Å²) in [6.07, 6.45) is 0. The molecule has 0 aromatic rings. The summed E-state index contributed by atoms with van der Waals surface area (Å²) in [5.41, 5.74) is 0. The molecule has 1 heterocycles. The summed E-state index contributed by atoms with van der Waals surface area (Å²) in [6, 6.07) is 0.0880. The minimum Gasteiger partial charge on any atom is -0.463 e. The van der Waals surface area contributed by atoms with Gasteiger partial charge < -0.3 is 19.5 Å². The van der Waals surface area contributed by atoms with Crippen LogP contribution in [-0.4, -0.2) is 52.1 Å². The molecule has 5 nitrogen and oxygen atoms in total. The summed E-state index contributed by atoms with van der Waals surface area (Å²) < 4.78 is 15.1. The number of carbonyl (C=O) groups is 1. The summed E-state index contributed by atoms with van der Waals surface area (Å²) in [5, 5.41) is 3.21. The average molecular weight is 217 g/mol. The van der Waals surface area contributed by atoms with Crippen molar-refractivity contribution in [3.63, 3.8) is 0 Å². The zero-order chi connectivity index (χ0) is 11.1. The molecule has 1 fully saturated rings. The Kier molecular flexibility index (Phi) is 5.60. The molecule has 0 aromatic heterocycles. The molecule has 1 saturated heterocycles. The first-order valence-electron chi connectivity index (χ1n) is 5.26. The van der Waals surface area contributed by atoms with Crippen molar-refractivity contribution in [2.75, 3.05) is 40.1 Å². The van der Waals surface area contributed by atoms with Gasteiger partial charge in [0, 0.05) is 13.2 Å². The third-order valence-corrected chi connectivity index (χ3v) is 2.38. The zero-order valence-electron chi connectivity index (χ0n) is 9.32. The summed E-state index contributed by atoms with van der Waals surface area (Å²) in [6.45, 7) is 4.61. The lowest BCUT2D eigenvalue weighted by Crippen LogP contribution is -2.40. The van der Waals surface area contributed by atoms with Crippen LogP contribution in [0, 0.1) is 5.92 Å². The molecule has 15 heavy (non-hydrogen) atoms. The van der Waals surface area contributed by atoms with Crippen molar-refractivity contribution >= 4 is 5.97 Å². The van der Waals surface area contributed by atoms with Crippen LogP contribution in [0.2, 0.25) is 0 Å². The van der Waals surface area contributed by atoms with E-state index < -0.39 is 0 Å². The van der Waals surface area contributed by atoms with Gasteiger partial charge in [-0.2, -0.15) is 0 Å². The van der Waals surface area contributed by atoms with E-state index in [2.05, 4.69) is 5.32 Å². The normalized spacial score (nSPS) is 25.5. The largest absolute Gasteiger partial charge is 0.463 e. The SMILES string of the molecule is CCNC1COCC1C(=O)OCCOC. The molecule has 0 spiro atoms. The van der Waals surface area contributed by atoms with Crippen molar-refractivity contribution in [1.29, 1.82) is 0 Å². The summed E-state index contributed by atoms with van der Waals surface area (Å²) in [4.78, 5) is 11.6. The number of rotatable bonds is 6. The summed E-state index contributed by atoms with van der Waals surface area (Å²) in [7, 11) is 1.58. The summed E-state index contributed by atoms with van der Waals surface area (Å²) in [5.74, 6) is -0.377. The maximum absolute atomic E-state index is 11.6. The second kappa shape index (κ2) is 6.76. The van der Waals surface area contributed by atoms with Gasteiger partial charge in [-0.25, -0.2) is 0 Å². The van der Waals surface area contributed by atoms with E-state index in [0.29, 0.717) is 26.4 Å². The van der Waals surface area contributed by atoms with Gasteiger partial charge in [0.15, 0.2) is 0 Å². The molecule has 2 unspecified atom stereocenters. The van der Waals surface area contributed by atoms with Crippen LogP contribution in [-0.2, 0) is 19.0 Å². The summed E-state index contributed by atoms with van der Waals surface area (Å²) >= 11 is 0. The van der Waals surface area contributed by atoms with Crippen molar-refractivity contribution in [1.82, 2.24) is 5.32 Å². The Bertz CT molecular complexity index is 198. The fourth-order valence-electron chi connectivity index (χ4n) is 1.58. The van der Waals surface area contributed by atoms with E-state index in [1.165, 1.54) is 0 Å². The highest BCUT2D eigenvalue weighted by atomic mass is 16.6. The fourth-order valence-corrected chi connectivity index (χ4v) is 1.58. The molecule has 0 radical (unpaired) electrons. The minimum absolute atomic E-state index is 0.0880. The number of hydrogen-bond acceptors (Lipinski definition) is 5. The highest BCUT2D eigenvalue weighted by Crippen LogP contribution is 2.15. The lowest BCUT2D eigenvalue weighted by Gasteiger charge is -2.16. The molecule has 1 N–H and O–H groups in total. The number of hydrogen-bond donors (Lipinski definition) is 1. The first-order chi connectivity index (χ1) is 7.29. The Labute approximate surface area is 90.1 Å². The van der Waals surface area contributed by atoms with Gasteiger partial charge in [0.25, 0.3) is 0 Å². The zero-order valence-corrected chi connectivity index (χ0v) is 9.32. The number of likely N-dealkylation sites (N-methyl/N-ethyl adjacent to an activating group) is 1. The molecule has 1 aliphatic heterocycles. The van der Waals surface area contributed by atoms with Gasteiger partial charge in [0.2, 0.25) is 0 Å². The van der Waals surface area contributed by atoms with Gasteiger partial charge in [0.05, 0.1) is 25.7 Å². The predicted octanol–water partition coefficient (Wildman–Crippen LogP) is -0.199. The van der Waals surface area contributed by atoms with Gasteiger partial charge in [-0.3, -0.25) is 4.79 Å². The molecule has 2 atom stereocenters. The van der Waals surface area contributed by atoms with Crippen LogP contribution in [0.4, 0.5) is 0 Å². The maximum atomic E-state index is 11.6. The van der Waals surface area contributed by atoms with Crippen molar-refractivity contribution in [2.24, 2.45) is 5.92 Å². The van der Waals surface area contributed by atoms with Gasteiger partial charge in [0.1, 0.15) is 6.61 Å². The second-order valence-corrected chi connectivity index (χ2v) is 3.47. The lowest BCUT2D eigenvalue weighted by atomic mass is 10.0. The van der Waals surface area contributed by atoms with Crippen LogP contribution in [0.3, 0.4) is 0 Å². The molecular formula is C10H19NO4. The van der Waals surface area contributed by atoms with Gasteiger partial charge in [-0.15, -0.1) is 0 Å². The third-order valence-electron chi connectivity index (χ3n) is 2.38. The number of methoxy groups -OCH3 is 1. The predicted molar refractivity (Wildman–Crippen MR) is 54.6 cm³/mol. The van der Waals surface area contributed by atoms with Crippen LogP contribution >= 0.6 is 0 Å². The molecule has 5 heteroatoms. The van der Waals surface area contributed by atoms with E-state index in [0.717, 1.165) is 6.54 Å². The molecule has 0 saturated carbocycles. The Morgan fingerprint density at radius 2 is 2.27 bits per heavy atom. The average Bonchev–Trinajstić information content (AvgIpc) is 2.67.